The number of nitrogens with one attached hydrogen (secondary N) is 1. The number of aliphatic hydroxyl groups is 1. The Morgan fingerprint density at radius 1 is 1.23 bits per heavy atom. The Labute approximate surface area is 175 Å². The van der Waals surface area contributed by atoms with E-state index in [-0.39, 0.29) is 29.2 Å². The van der Waals surface area contributed by atoms with E-state index in [1.165, 1.54) is 10.7 Å². The number of aromatic nitrogens is 3. The first-order valence-electron chi connectivity index (χ1n) is 10.8. The molecule has 162 valence electrons. The van der Waals surface area contributed by atoms with Crippen molar-refractivity contribution in [1.29, 1.82) is 0 Å². The van der Waals surface area contributed by atoms with Crippen molar-refractivity contribution in [3.05, 3.63) is 40.0 Å². The normalized spacial score (nSPS) is 24.6. The van der Waals surface area contributed by atoms with Gasteiger partial charge in [0.15, 0.2) is 5.69 Å². The zero-order valence-corrected chi connectivity index (χ0v) is 17.3. The lowest BCUT2D eigenvalue weighted by molar-refractivity contribution is 0.0669. The maximum Gasteiger partial charge on any atom is 0.273 e. The number of nitrogens with zero attached hydrogens (tertiary/aromatic N) is 4. The highest BCUT2D eigenvalue weighted by atomic mass is 16.5. The van der Waals surface area contributed by atoms with Crippen LogP contribution >= 0.6 is 0 Å². The molecule has 3 heterocycles. The SMILES string of the molecule is Cc1cc(C(=O)NCC2CCCCN2c2ccc(=O)n(C3CCCCC3O)n2)no1. The molecule has 4 rings (SSSR count). The van der Waals surface area contributed by atoms with E-state index >= 15 is 0 Å². The van der Waals surface area contributed by atoms with Crippen molar-refractivity contribution in [3.63, 3.8) is 0 Å². The van der Waals surface area contributed by atoms with Gasteiger partial charge in [0, 0.05) is 31.3 Å². The molecule has 1 aliphatic carbocycles. The van der Waals surface area contributed by atoms with Gasteiger partial charge in [0.1, 0.15) is 11.6 Å². The second-order valence-electron chi connectivity index (χ2n) is 8.27. The van der Waals surface area contributed by atoms with E-state index < -0.39 is 6.10 Å². The summed E-state index contributed by atoms with van der Waals surface area (Å²) in [5.74, 6) is 1.04. The van der Waals surface area contributed by atoms with Gasteiger partial charge in [-0.05, 0) is 45.1 Å². The van der Waals surface area contributed by atoms with E-state index in [1.54, 1.807) is 19.1 Å². The number of hydrogen-bond donors (Lipinski definition) is 2. The molecule has 0 bridgehead atoms. The molecule has 2 aliphatic rings. The van der Waals surface area contributed by atoms with Crippen LogP contribution in [0.15, 0.2) is 27.5 Å². The van der Waals surface area contributed by atoms with Crippen LogP contribution in [0.1, 0.15) is 67.2 Å². The molecule has 9 nitrogen and oxygen atoms in total. The van der Waals surface area contributed by atoms with Gasteiger partial charge in [-0.2, -0.15) is 5.10 Å². The lowest BCUT2D eigenvalue weighted by Crippen LogP contribution is -2.48. The summed E-state index contributed by atoms with van der Waals surface area (Å²) in [7, 11) is 0. The molecule has 2 fully saturated rings. The van der Waals surface area contributed by atoms with Crippen molar-refractivity contribution < 1.29 is 14.4 Å². The fourth-order valence-electron chi connectivity index (χ4n) is 4.47. The van der Waals surface area contributed by atoms with Gasteiger partial charge < -0.3 is 19.8 Å². The number of carbonyl (C=O) groups excluding carboxylic acids is 1. The summed E-state index contributed by atoms with van der Waals surface area (Å²) < 4.78 is 6.43. The Bertz CT molecular complexity index is 939. The summed E-state index contributed by atoms with van der Waals surface area (Å²) in [5.41, 5.74) is 0.0841. The first-order chi connectivity index (χ1) is 14.5. The second kappa shape index (κ2) is 8.99. The van der Waals surface area contributed by atoms with Gasteiger partial charge in [0.05, 0.1) is 12.1 Å². The van der Waals surface area contributed by atoms with Crippen molar-refractivity contribution in [2.45, 2.75) is 70.1 Å². The first-order valence-corrected chi connectivity index (χ1v) is 10.8. The van der Waals surface area contributed by atoms with Crippen LogP contribution in [0.3, 0.4) is 0 Å². The minimum atomic E-state index is -0.540. The number of hydrogen-bond acceptors (Lipinski definition) is 7. The third-order valence-corrected chi connectivity index (χ3v) is 6.10. The predicted octanol–water partition coefficient (Wildman–Crippen LogP) is 1.80. The van der Waals surface area contributed by atoms with E-state index in [2.05, 4.69) is 20.5 Å². The van der Waals surface area contributed by atoms with Crippen LogP contribution in [-0.4, -0.2) is 51.2 Å². The van der Waals surface area contributed by atoms with Gasteiger partial charge in [0.25, 0.3) is 11.5 Å². The van der Waals surface area contributed by atoms with Gasteiger partial charge in [-0.15, -0.1) is 0 Å². The van der Waals surface area contributed by atoms with Crippen molar-refractivity contribution in [2.24, 2.45) is 0 Å². The van der Waals surface area contributed by atoms with Crippen molar-refractivity contribution in [1.82, 2.24) is 20.3 Å². The lowest BCUT2D eigenvalue weighted by atomic mass is 9.93. The number of aliphatic hydroxyl groups excluding tert-OH is 1. The Kier molecular flexibility index (Phi) is 6.17. The zero-order valence-electron chi connectivity index (χ0n) is 17.3. The smallest absolute Gasteiger partial charge is 0.273 e. The topological polar surface area (TPSA) is 113 Å². The van der Waals surface area contributed by atoms with E-state index in [9.17, 15) is 14.7 Å². The molecule has 0 spiro atoms. The molecule has 30 heavy (non-hydrogen) atoms. The minimum absolute atomic E-state index is 0.0745. The Balaban J connectivity index is 1.50. The standard InChI is InChI=1S/C21H29N5O4/c1-14-12-16(24-30-14)21(29)22-13-15-6-4-5-11-25(15)19-9-10-20(28)26(23-19)17-7-2-3-8-18(17)27/h9-10,12,15,17-18,27H,2-8,11,13H2,1H3,(H,22,29). The fourth-order valence-corrected chi connectivity index (χ4v) is 4.47. The molecule has 2 aromatic rings. The highest BCUT2D eigenvalue weighted by Gasteiger charge is 2.29. The van der Waals surface area contributed by atoms with Crippen molar-refractivity contribution >= 4 is 11.7 Å². The maximum atomic E-state index is 12.5. The molecule has 0 radical (unpaired) electrons. The molecular formula is C21H29N5O4. The summed E-state index contributed by atoms with van der Waals surface area (Å²) >= 11 is 0. The average molecular weight is 415 g/mol. The monoisotopic (exact) mass is 415 g/mol. The van der Waals surface area contributed by atoms with Crippen LogP contribution < -0.4 is 15.8 Å². The average Bonchev–Trinajstić information content (AvgIpc) is 3.20. The van der Waals surface area contributed by atoms with Gasteiger partial charge in [-0.1, -0.05) is 18.0 Å². The Morgan fingerprint density at radius 2 is 2.03 bits per heavy atom. The molecule has 3 unspecified atom stereocenters. The molecule has 1 saturated heterocycles. The van der Waals surface area contributed by atoms with Crippen molar-refractivity contribution in [3.8, 4) is 0 Å². The Hall–Kier alpha value is -2.68. The third-order valence-electron chi connectivity index (χ3n) is 6.10. The van der Waals surface area contributed by atoms with E-state index in [4.69, 9.17) is 4.52 Å². The third kappa shape index (κ3) is 4.40. The van der Waals surface area contributed by atoms with Crippen LogP contribution in [0.5, 0.6) is 0 Å². The van der Waals surface area contributed by atoms with E-state index in [0.29, 0.717) is 24.5 Å². The Morgan fingerprint density at radius 3 is 2.80 bits per heavy atom. The van der Waals surface area contributed by atoms with Crippen molar-refractivity contribution in [2.75, 3.05) is 18.0 Å². The molecule has 2 N–H and O–H groups in total. The molecule has 2 aromatic heterocycles. The highest BCUT2D eigenvalue weighted by Crippen LogP contribution is 2.28. The molecule has 1 aliphatic heterocycles. The highest BCUT2D eigenvalue weighted by molar-refractivity contribution is 5.92. The number of aryl methyl sites for hydroxylation is 1. The number of anilines is 1. The fraction of sp³-hybridized carbons (Fsp3) is 0.619. The lowest BCUT2D eigenvalue weighted by Gasteiger charge is -2.37. The number of piperidine rings is 1. The number of carbonyl (C=O) groups is 1. The maximum absolute atomic E-state index is 12.5. The van der Waals surface area contributed by atoms with Gasteiger partial charge in [0.2, 0.25) is 0 Å². The van der Waals surface area contributed by atoms with Gasteiger partial charge in [-0.25, -0.2) is 4.68 Å². The van der Waals surface area contributed by atoms with Crippen LogP contribution in [0.4, 0.5) is 5.82 Å². The molecule has 3 atom stereocenters. The van der Waals surface area contributed by atoms with Crippen LogP contribution in [-0.2, 0) is 0 Å². The number of amides is 1. The first kappa shape index (κ1) is 20.6. The van der Waals surface area contributed by atoms with Gasteiger partial charge in [-0.3, -0.25) is 9.59 Å². The summed E-state index contributed by atoms with van der Waals surface area (Å²) in [6, 6.07) is 4.69. The molecular weight excluding hydrogens is 386 g/mol. The van der Waals surface area contributed by atoms with E-state index in [1.807, 2.05) is 0 Å². The largest absolute Gasteiger partial charge is 0.391 e. The summed E-state index contributed by atoms with van der Waals surface area (Å²) in [4.78, 5) is 27.0. The number of rotatable bonds is 5. The van der Waals surface area contributed by atoms with Crippen LogP contribution in [0.25, 0.3) is 0 Å². The van der Waals surface area contributed by atoms with Crippen LogP contribution in [0.2, 0.25) is 0 Å². The molecule has 1 amide bonds. The summed E-state index contributed by atoms with van der Waals surface area (Å²) in [6.45, 7) is 3.01. The summed E-state index contributed by atoms with van der Waals surface area (Å²) in [6.07, 6.45) is 5.90. The quantitative estimate of drug-likeness (QED) is 0.765. The minimum Gasteiger partial charge on any atom is -0.391 e. The molecule has 9 heteroatoms. The molecule has 1 saturated carbocycles. The predicted molar refractivity (Wildman–Crippen MR) is 111 cm³/mol. The zero-order chi connectivity index (χ0) is 21.1. The van der Waals surface area contributed by atoms with E-state index in [0.717, 1.165) is 45.1 Å². The second-order valence-corrected chi connectivity index (χ2v) is 8.27. The molecule has 0 aromatic carbocycles. The summed E-state index contributed by atoms with van der Waals surface area (Å²) in [5, 5.41) is 21.7. The van der Waals surface area contributed by atoms with Gasteiger partial charge >= 0.3 is 0 Å². The van der Waals surface area contributed by atoms with Crippen LogP contribution in [0, 0.1) is 6.92 Å².